The largest absolute Gasteiger partial charge is 0.507 e. The van der Waals surface area contributed by atoms with Crippen LogP contribution in [0.5, 0.6) is 5.75 Å². The van der Waals surface area contributed by atoms with Gasteiger partial charge in [-0.15, -0.1) is 10.2 Å². The van der Waals surface area contributed by atoms with Crippen LogP contribution < -0.4 is 0 Å². The van der Waals surface area contributed by atoms with Crippen LogP contribution in [0.1, 0.15) is 12.5 Å². The van der Waals surface area contributed by atoms with Crippen molar-refractivity contribution in [3.63, 3.8) is 0 Å². The number of phenols is 1. The van der Waals surface area contributed by atoms with Crippen molar-refractivity contribution in [1.29, 1.82) is 0 Å². The van der Waals surface area contributed by atoms with E-state index in [9.17, 15) is 5.11 Å². The first-order valence-electron chi connectivity index (χ1n) is 7.32. The predicted molar refractivity (Wildman–Crippen MR) is 85.4 cm³/mol. The normalized spacial score (nSPS) is 11.2. The van der Waals surface area contributed by atoms with E-state index in [1.54, 1.807) is 29.4 Å². The number of phenolic OH excluding ortho intramolecular Hbond substituents is 1. The minimum absolute atomic E-state index is 0.0958. The zero-order valence-electron chi connectivity index (χ0n) is 12.5. The third kappa shape index (κ3) is 2.34. The summed E-state index contributed by atoms with van der Waals surface area (Å²) >= 11 is 0. The molecule has 0 saturated carbocycles. The molecule has 0 aliphatic carbocycles. The average molecular weight is 306 g/mol. The number of benzene rings is 2. The van der Waals surface area contributed by atoms with E-state index in [1.807, 2.05) is 24.3 Å². The monoisotopic (exact) mass is 306 g/mol. The van der Waals surface area contributed by atoms with Gasteiger partial charge in [-0.2, -0.15) is 0 Å². The van der Waals surface area contributed by atoms with Crippen molar-refractivity contribution < 1.29 is 9.52 Å². The van der Waals surface area contributed by atoms with Crippen LogP contribution in [-0.4, -0.2) is 24.9 Å². The Hall–Kier alpha value is -3.15. The SMILES string of the molecule is CCc1ccc2oc(-c3ccc(-n4cnnc4)cc3O)nc2c1. The van der Waals surface area contributed by atoms with Gasteiger partial charge in [0.25, 0.3) is 0 Å². The first-order chi connectivity index (χ1) is 11.2. The van der Waals surface area contributed by atoms with Crippen LogP contribution in [0.25, 0.3) is 28.2 Å². The second kappa shape index (κ2) is 5.24. The number of hydrogen-bond acceptors (Lipinski definition) is 5. The molecule has 0 aliphatic heterocycles. The van der Waals surface area contributed by atoms with E-state index in [0.29, 0.717) is 17.0 Å². The van der Waals surface area contributed by atoms with Gasteiger partial charge in [0.1, 0.15) is 23.9 Å². The Morgan fingerprint density at radius 1 is 1.09 bits per heavy atom. The Morgan fingerprint density at radius 2 is 1.91 bits per heavy atom. The highest BCUT2D eigenvalue weighted by Crippen LogP contribution is 2.32. The van der Waals surface area contributed by atoms with Gasteiger partial charge in [-0.1, -0.05) is 13.0 Å². The minimum atomic E-state index is 0.0958. The predicted octanol–water partition coefficient (Wildman–Crippen LogP) is 3.34. The zero-order valence-corrected chi connectivity index (χ0v) is 12.5. The molecule has 0 spiro atoms. The Balaban J connectivity index is 1.78. The molecule has 0 radical (unpaired) electrons. The van der Waals surface area contributed by atoms with Crippen molar-refractivity contribution in [2.24, 2.45) is 0 Å². The van der Waals surface area contributed by atoms with Gasteiger partial charge in [0.15, 0.2) is 5.58 Å². The second-order valence-corrected chi connectivity index (χ2v) is 5.25. The molecule has 6 heteroatoms. The first kappa shape index (κ1) is 13.5. The number of aryl methyl sites for hydroxylation is 1. The maximum Gasteiger partial charge on any atom is 0.231 e. The molecule has 6 nitrogen and oxygen atoms in total. The van der Waals surface area contributed by atoms with Gasteiger partial charge in [-0.25, -0.2) is 4.98 Å². The summed E-state index contributed by atoms with van der Waals surface area (Å²) in [6, 6.07) is 11.2. The van der Waals surface area contributed by atoms with Crippen molar-refractivity contribution in [2.45, 2.75) is 13.3 Å². The van der Waals surface area contributed by atoms with E-state index >= 15 is 0 Å². The maximum atomic E-state index is 10.3. The fourth-order valence-electron chi connectivity index (χ4n) is 2.50. The summed E-state index contributed by atoms with van der Waals surface area (Å²) in [5.74, 6) is 0.500. The highest BCUT2D eigenvalue weighted by molar-refractivity contribution is 5.78. The molecule has 2 aromatic heterocycles. The average Bonchev–Trinajstić information content (AvgIpc) is 3.23. The van der Waals surface area contributed by atoms with Crippen LogP contribution in [0, 0.1) is 0 Å². The molecule has 0 fully saturated rings. The summed E-state index contributed by atoms with van der Waals surface area (Å²) in [7, 11) is 0. The van der Waals surface area contributed by atoms with Crippen LogP contribution in [0.3, 0.4) is 0 Å². The molecule has 114 valence electrons. The Bertz CT molecular complexity index is 974. The lowest BCUT2D eigenvalue weighted by atomic mass is 10.1. The fraction of sp³-hybridized carbons (Fsp3) is 0.118. The molecule has 0 unspecified atom stereocenters. The molecule has 0 saturated heterocycles. The third-order valence-electron chi connectivity index (χ3n) is 3.79. The molecular weight excluding hydrogens is 292 g/mol. The van der Waals surface area contributed by atoms with Crippen LogP contribution in [0.4, 0.5) is 0 Å². The van der Waals surface area contributed by atoms with Crippen molar-refractivity contribution >= 4 is 11.1 Å². The molecule has 23 heavy (non-hydrogen) atoms. The van der Waals surface area contributed by atoms with Crippen LogP contribution in [-0.2, 0) is 6.42 Å². The molecular formula is C17H14N4O2. The molecule has 0 atom stereocenters. The zero-order chi connectivity index (χ0) is 15.8. The standard InChI is InChI=1S/C17H14N4O2/c1-2-11-3-6-16-14(7-11)20-17(23-16)13-5-4-12(8-15(13)22)21-9-18-19-10-21/h3-10,22H,2H2,1H3. The molecule has 0 bridgehead atoms. The fourth-order valence-corrected chi connectivity index (χ4v) is 2.50. The summed E-state index contributed by atoms with van der Waals surface area (Å²) < 4.78 is 7.47. The highest BCUT2D eigenvalue weighted by Gasteiger charge is 2.13. The maximum absolute atomic E-state index is 10.3. The van der Waals surface area contributed by atoms with Gasteiger partial charge in [0, 0.05) is 6.07 Å². The topological polar surface area (TPSA) is 77.0 Å². The molecule has 0 amide bonds. The summed E-state index contributed by atoms with van der Waals surface area (Å²) in [5.41, 5.74) is 4.02. The van der Waals surface area contributed by atoms with Gasteiger partial charge in [-0.05, 0) is 36.2 Å². The molecule has 1 N–H and O–H groups in total. The minimum Gasteiger partial charge on any atom is -0.507 e. The number of aromatic hydroxyl groups is 1. The van der Waals surface area contributed by atoms with Crippen molar-refractivity contribution in [2.75, 3.05) is 0 Å². The van der Waals surface area contributed by atoms with Gasteiger partial charge in [0.2, 0.25) is 5.89 Å². The van der Waals surface area contributed by atoms with Gasteiger partial charge < -0.3 is 9.52 Å². The van der Waals surface area contributed by atoms with E-state index in [4.69, 9.17) is 4.42 Å². The van der Waals surface area contributed by atoms with Crippen molar-refractivity contribution in [3.05, 3.63) is 54.6 Å². The van der Waals surface area contributed by atoms with Crippen molar-refractivity contribution in [3.8, 4) is 22.9 Å². The number of oxazole rings is 1. The Labute approximate surface area is 132 Å². The molecule has 4 aromatic rings. The van der Waals surface area contributed by atoms with Gasteiger partial charge >= 0.3 is 0 Å². The number of fused-ring (bicyclic) bond motifs is 1. The van der Waals surface area contributed by atoms with E-state index in [-0.39, 0.29) is 5.75 Å². The van der Waals surface area contributed by atoms with E-state index in [2.05, 4.69) is 22.1 Å². The Morgan fingerprint density at radius 3 is 2.65 bits per heavy atom. The lowest BCUT2D eigenvalue weighted by Gasteiger charge is -2.04. The molecule has 2 heterocycles. The van der Waals surface area contributed by atoms with E-state index in [1.165, 1.54) is 5.56 Å². The lowest BCUT2D eigenvalue weighted by molar-refractivity contribution is 0.474. The van der Waals surface area contributed by atoms with Crippen LogP contribution in [0.15, 0.2) is 53.5 Å². The van der Waals surface area contributed by atoms with Crippen LogP contribution >= 0.6 is 0 Å². The van der Waals surface area contributed by atoms with Crippen molar-refractivity contribution in [1.82, 2.24) is 19.7 Å². The summed E-state index contributed by atoms with van der Waals surface area (Å²) in [4.78, 5) is 4.49. The summed E-state index contributed by atoms with van der Waals surface area (Å²) in [5, 5.41) is 17.8. The highest BCUT2D eigenvalue weighted by atomic mass is 16.3. The number of aromatic nitrogens is 4. The summed E-state index contributed by atoms with van der Waals surface area (Å²) in [6.07, 6.45) is 4.08. The van der Waals surface area contributed by atoms with E-state index in [0.717, 1.165) is 17.6 Å². The number of nitrogens with zero attached hydrogens (tertiary/aromatic N) is 4. The van der Waals surface area contributed by atoms with Gasteiger partial charge in [-0.3, -0.25) is 4.57 Å². The number of hydrogen-bond donors (Lipinski definition) is 1. The quantitative estimate of drug-likeness (QED) is 0.628. The third-order valence-corrected chi connectivity index (χ3v) is 3.79. The molecule has 2 aromatic carbocycles. The number of rotatable bonds is 3. The smallest absolute Gasteiger partial charge is 0.231 e. The molecule has 0 aliphatic rings. The summed E-state index contributed by atoms with van der Waals surface area (Å²) in [6.45, 7) is 2.09. The van der Waals surface area contributed by atoms with E-state index < -0.39 is 0 Å². The first-order valence-corrected chi connectivity index (χ1v) is 7.32. The van der Waals surface area contributed by atoms with Gasteiger partial charge in [0.05, 0.1) is 11.3 Å². The second-order valence-electron chi connectivity index (χ2n) is 5.25. The van der Waals surface area contributed by atoms with Crippen LogP contribution in [0.2, 0.25) is 0 Å². The Kier molecular flexibility index (Phi) is 3.08. The molecule has 4 rings (SSSR count). The lowest BCUT2D eigenvalue weighted by Crippen LogP contribution is -1.90.